The number of hydrogen-bond donors (Lipinski definition) is 0. The molecule has 0 bridgehead atoms. The fourth-order valence-corrected chi connectivity index (χ4v) is 2.03. The van der Waals surface area contributed by atoms with E-state index in [0.29, 0.717) is 21.6 Å². The summed E-state index contributed by atoms with van der Waals surface area (Å²) in [6, 6.07) is 14.4. The summed E-state index contributed by atoms with van der Waals surface area (Å²) in [5, 5.41) is 1.71. The van der Waals surface area contributed by atoms with Crippen LogP contribution in [0.15, 0.2) is 58.5 Å². The highest BCUT2D eigenvalue weighted by atomic mass is 32.1. The third-order valence-electron chi connectivity index (χ3n) is 2.71. The van der Waals surface area contributed by atoms with Crippen molar-refractivity contribution in [2.75, 3.05) is 0 Å². The Morgan fingerprint density at radius 1 is 0.889 bits per heavy atom. The fourth-order valence-electron chi connectivity index (χ4n) is 1.84. The highest BCUT2D eigenvalue weighted by Gasteiger charge is 2.10. The van der Waals surface area contributed by atoms with Crippen molar-refractivity contribution in [1.82, 2.24) is 0 Å². The topological polar surface area (TPSA) is 41.8 Å². The Balaban J connectivity index is 2.09. The van der Waals surface area contributed by atoms with Gasteiger partial charge in [-0.2, -0.15) is 0 Å². The molecule has 86 valence electrons. The largest absolute Gasteiger partial charge is 0.289 e. The lowest BCUT2D eigenvalue weighted by molar-refractivity contribution is 0.103. The summed E-state index contributed by atoms with van der Waals surface area (Å²) in [7, 11) is 0. The van der Waals surface area contributed by atoms with Crippen molar-refractivity contribution in [2.24, 2.45) is 9.98 Å². The van der Waals surface area contributed by atoms with Gasteiger partial charge in [-0.05, 0) is 30.4 Å². The lowest BCUT2D eigenvalue weighted by Crippen LogP contribution is -2.22. The van der Waals surface area contributed by atoms with E-state index < -0.39 is 0 Å². The molecule has 0 aliphatic carbocycles. The quantitative estimate of drug-likeness (QED) is 0.599. The first-order valence-electron chi connectivity index (χ1n) is 5.45. The number of hydrogen-bond acceptors (Lipinski definition) is 2. The van der Waals surface area contributed by atoms with E-state index in [9.17, 15) is 4.79 Å². The second-order valence-corrected chi connectivity index (χ2v) is 4.27. The molecular formula is C14H8N2OS. The standard InChI is InChI=1S/C14H8N2OS/c17-13(9-4-2-1-3-5-9)10-6-7-11-12(8-10)16-14(18)15-11/h1-8H. The van der Waals surface area contributed by atoms with Crippen molar-refractivity contribution in [3.05, 3.63) is 70.4 Å². The van der Waals surface area contributed by atoms with Gasteiger partial charge in [0.1, 0.15) is 0 Å². The predicted molar refractivity (Wildman–Crippen MR) is 71.2 cm³/mol. The van der Waals surface area contributed by atoms with E-state index in [1.807, 2.05) is 18.2 Å². The first-order chi connectivity index (χ1) is 8.74. The zero-order valence-electron chi connectivity index (χ0n) is 9.33. The molecule has 0 fully saturated rings. The smallest absolute Gasteiger partial charge is 0.220 e. The highest BCUT2D eigenvalue weighted by molar-refractivity contribution is 7.80. The van der Waals surface area contributed by atoms with Crippen LogP contribution in [0, 0.1) is 0 Å². The zero-order chi connectivity index (χ0) is 12.5. The van der Waals surface area contributed by atoms with Gasteiger partial charge < -0.3 is 0 Å². The molecule has 0 amide bonds. The van der Waals surface area contributed by atoms with Gasteiger partial charge in [0.2, 0.25) is 5.11 Å². The number of thiocarbonyl (C=S) groups is 1. The molecule has 0 saturated heterocycles. The van der Waals surface area contributed by atoms with Crippen LogP contribution in [0.1, 0.15) is 15.9 Å². The SMILES string of the molecule is O=C(c1ccccc1)c1ccc2c(c1)=NC(=S)N=2. The molecular weight excluding hydrogens is 244 g/mol. The predicted octanol–water partition coefficient (Wildman–Crippen LogP) is 1.46. The van der Waals surface area contributed by atoms with Crippen LogP contribution in [-0.2, 0) is 0 Å². The van der Waals surface area contributed by atoms with Crippen molar-refractivity contribution < 1.29 is 4.79 Å². The van der Waals surface area contributed by atoms with Crippen LogP contribution in [0.3, 0.4) is 0 Å². The Bertz CT molecular complexity index is 766. The maximum absolute atomic E-state index is 12.2. The molecule has 0 radical (unpaired) electrons. The van der Waals surface area contributed by atoms with Crippen molar-refractivity contribution >= 4 is 23.1 Å². The molecule has 0 saturated carbocycles. The van der Waals surface area contributed by atoms with E-state index in [1.165, 1.54) is 0 Å². The van der Waals surface area contributed by atoms with Crippen LogP contribution in [0.4, 0.5) is 0 Å². The van der Waals surface area contributed by atoms with Crippen molar-refractivity contribution in [3.8, 4) is 0 Å². The minimum atomic E-state index is -0.0218. The number of fused-ring (bicyclic) bond motifs is 1. The highest BCUT2D eigenvalue weighted by Crippen LogP contribution is 2.07. The van der Waals surface area contributed by atoms with Gasteiger partial charge in [0.25, 0.3) is 0 Å². The average Bonchev–Trinajstić information content (AvgIpc) is 2.78. The summed E-state index contributed by atoms with van der Waals surface area (Å²) in [5.74, 6) is -0.0218. The first kappa shape index (κ1) is 10.9. The minimum absolute atomic E-state index is 0.0218. The number of carbonyl (C=O) groups excluding carboxylic acids is 1. The van der Waals surface area contributed by atoms with Crippen LogP contribution in [-0.4, -0.2) is 10.9 Å². The van der Waals surface area contributed by atoms with Gasteiger partial charge in [0.15, 0.2) is 5.78 Å². The summed E-state index contributed by atoms with van der Waals surface area (Å²) >= 11 is 4.91. The normalized spacial score (nSPS) is 12.6. The van der Waals surface area contributed by atoms with Crippen LogP contribution in [0.25, 0.3) is 0 Å². The van der Waals surface area contributed by atoms with E-state index in [2.05, 4.69) is 9.98 Å². The number of rotatable bonds is 2. The Morgan fingerprint density at radius 2 is 1.61 bits per heavy atom. The van der Waals surface area contributed by atoms with Crippen molar-refractivity contribution in [1.29, 1.82) is 0 Å². The molecule has 0 unspecified atom stereocenters. The Kier molecular flexibility index (Phi) is 2.57. The van der Waals surface area contributed by atoms with Gasteiger partial charge in [-0.15, -0.1) is 0 Å². The molecule has 3 nitrogen and oxygen atoms in total. The molecule has 0 aromatic heterocycles. The summed E-state index contributed by atoms with van der Waals surface area (Å²) in [6.07, 6.45) is 0. The molecule has 1 aliphatic rings. The van der Waals surface area contributed by atoms with Gasteiger partial charge in [-0.25, -0.2) is 9.98 Å². The second kappa shape index (κ2) is 4.23. The Hall–Kier alpha value is -2.20. The molecule has 2 aromatic carbocycles. The van der Waals surface area contributed by atoms with Crippen LogP contribution >= 0.6 is 12.2 Å². The van der Waals surface area contributed by atoms with Crippen LogP contribution in [0.2, 0.25) is 0 Å². The van der Waals surface area contributed by atoms with Crippen LogP contribution < -0.4 is 10.7 Å². The maximum atomic E-state index is 12.2. The van der Waals surface area contributed by atoms with Crippen molar-refractivity contribution in [3.63, 3.8) is 0 Å². The van der Waals surface area contributed by atoms with Gasteiger partial charge in [-0.1, -0.05) is 30.3 Å². The molecule has 18 heavy (non-hydrogen) atoms. The number of carbonyl (C=O) groups is 1. The van der Waals surface area contributed by atoms with Gasteiger partial charge in [0.05, 0.1) is 10.7 Å². The van der Waals surface area contributed by atoms with E-state index >= 15 is 0 Å². The molecule has 0 atom stereocenters. The fraction of sp³-hybridized carbons (Fsp3) is 0. The van der Waals surface area contributed by atoms with Crippen molar-refractivity contribution in [2.45, 2.75) is 0 Å². The Morgan fingerprint density at radius 3 is 2.39 bits per heavy atom. The zero-order valence-corrected chi connectivity index (χ0v) is 10.1. The lowest BCUT2D eigenvalue weighted by Gasteiger charge is -1.99. The summed E-state index contributed by atoms with van der Waals surface area (Å²) in [4.78, 5) is 20.4. The third-order valence-corrected chi connectivity index (χ3v) is 2.89. The van der Waals surface area contributed by atoms with Gasteiger partial charge >= 0.3 is 0 Å². The average molecular weight is 252 g/mol. The minimum Gasteiger partial charge on any atom is -0.289 e. The first-order valence-corrected chi connectivity index (χ1v) is 5.86. The monoisotopic (exact) mass is 252 g/mol. The Labute approximate surface area is 109 Å². The molecule has 0 N–H and O–H groups in total. The molecule has 4 heteroatoms. The van der Waals surface area contributed by atoms with E-state index in [0.717, 1.165) is 5.36 Å². The third kappa shape index (κ3) is 1.87. The molecule has 3 rings (SSSR count). The second-order valence-electron chi connectivity index (χ2n) is 3.90. The molecule has 0 spiro atoms. The molecule has 1 aliphatic heterocycles. The van der Waals surface area contributed by atoms with E-state index in [-0.39, 0.29) is 5.78 Å². The number of nitrogens with zero attached hydrogens (tertiary/aromatic N) is 2. The molecule has 1 heterocycles. The lowest BCUT2D eigenvalue weighted by atomic mass is 10.0. The summed E-state index contributed by atoms with van der Waals surface area (Å²) < 4.78 is 0. The van der Waals surface area contributed by atoms with Gasteiger partial charge in [-0.3, -0.25) is 4.79 Å². The van der Waals surface area contributed by atoms with Crippen LogP contribution in [0.5, 0.6) is 0 Å². The van der Waals surface area contributed by atoms with Gasteiger partial charge in [0, 0.05) is 11.1 Å². The van der Waals surface area contributed by atoms with E-state index in [1.54, 1.807) is 30.3 Å². The number of benzene rings is 2. The number of ketones is 1. The summed E-state index contributed by atoms with van der Waals surface area (Å²) in [6.45, 7) is 0. The van der Waals surface area contributed by atoms with E-state index in [4.69, 9.17) is 12.2 Å². The maximum Gasteiger partial charge on any atom is 0.220 e. The molecule has 2 aromatic rings. The summed E-state index contributed by atoms with van der Waals surface area (Å²) in [5.41, 5.74) is 1.26.